The van der Waals surface area contributed by atoms with E-state index < -0.39 is 0 Å². The summed E-state index contributed by atoms with van der Waals surface area (Å²) >= 11 is 6.53. The first kappa shape index (κ1) is 13.5. The maximum Gasteiger partial charge on any atom is 0.210 e. The van der Waals surface area contributed by atoms with E-state index in [-0.39, 0.29) is 17.3 Å². The number of carbonyl (C=O) groups excluding carboxylic acids is 2. The number of rotatable bonds is 1. The number of allylic oxidation sites excluding steroid dienone is 2. The number of hydrogen-bond acceptors (Lipinski definition) is 3. The third-order valence-corrected chi connectivity index (χ3v) is 4.62. The molecular weight excluding hydrogens is 388 g/mol. The number of halogens is 2. The smallest absolute Gasteiger partial charge is 0.210 e. The van der Waals surface area contributed by atoms with Crippen LogP contribution in [0.5, 0.6) is 0 Å². The summed E-state index contributed by atoms with van der Waals surface area (Å²) in [5.41, 5.74) is 1.72. The fourth-order valence-electron chi connectivity index (χ4n) is 2.00. The van der Waals surface area contributed by atoms with Gasteiger partial charge in [0.2, 0.25) is 11.6 Å². The number of fused-ring (bicyclic) bond motifs is 1. The van der Waals surface area contributed by atoms with Gasteiger partial charge in [0.15, 0.2) is 0 Å². The van der Waals surface area contributed by atoms with Crippen molar-refractivity contribution in [3.63, 3.8) is 0 Å². The van der Waals surface area contributed by atoms with Crippen LogP contribution >= 0.6 is 31.9 Å². The normalized spacial score (nSPS) is 14.8. The molecule has 0 bridgehead atoms. The molecule has 4 nitrogen and oxygen atoms in total. The Bertz CT molecular complexity index is 731. The largest absolute Gasteiger partial charge is 0.288 e. The molecule has 6 heteroatoms. The molecule has 0 saturated carbocycles. The molecule has 1 heterocycles. The van der Waals surface area contributed by atoms with Crippen molar-refractivity contribution in [3.8, 4) is 5.69 Å². The van der Waals surface area contributed by atoms with E-state index in [0.29, 0.717) is 15.6 Å². The zero-order valence-electron chi connectivity index (χ0n) is 10.4. The van der Waals surface area contributed by atoms with Gasteiger partial charge >= 0.3 is 0 Å². The molecule has 0 N–H and O–H groups in total. The molecule has 0 fully saturated rings. The van der Waals surface area contributed by atoms with Crippen LogP contribution in [0.25, 0.3) is 5.69 Å². The first-order valence-electron chi connectivity index (χ1n) is 5.80. The number of hydrogen-bond donors (Lipinski definition) is 0. The van der Waals surface area contributed by atoms with Gasteiger partial charge in [0.05, 0.1) is 15.7 Å². The van der Waals surface area contributed by atoms with Gasteiger partial charge in [0, 0.05) is 16.2 Å². The van der Waals surface area contributed by atoms with Gasteiger partial charge in [0.25, 0.3) is 0 Å². The predicted molar refractivity (Wildman–Crippen MR) is 81.6 cm³/mol. The summed E-state index contributed by atoms with van der Waals surface area (Å²) in [6, 6.07) is 7.46. The summed E-state index contributed by atoms with van der Waals surface area (Å²) in [6.07, 6.45) is 1.59. The SMILES string of the molecule is CC1=C(Br)C(=O)c2cn(-c3ccc(Br)cc3)nc2C1=O. The number of ketones is 2. The van der Waals surface area contributed by atoms with Crippen LogP contribution in [0.4, 0.5) is 0 Å². The lowest BCUT2D eigenvalue weighted by Crippen LogP contribution is -2.17. The van der Waals surface area contributed by atoms with E-state index >= 15 is 0 Å². The number of nitrogens with zero attached hydrogens (tertiary/aromatic N) is 2. The Morgan fingerprint density at radius 1 is 1.05 bits per heavy atom. The lowest BCUT2D eigenvalue weighted by atomic mass is 9.97. The number of benzene rings is 1. The summed E-state index contributed by atoms with van der Waals surface area (Å²) in [4.78, 5) is 24.3. The van der Waals surface area contributed by atoms with Crippen LogP contribution in [0.1, 0.15) is 27.8 Å². The van der Waals surface area contributed by atoms with Crippen molar-refractivity contribution in [2.45, 2.75) is 6.92 Å². The highest BCUT2D eigenvalue weighted by Crippen LogP contribution is 2.29. The molecule has 0 spiro atoms. The predicted octanol–water partition coefficient (Wildman–Crippen LogP) is 3.68. The van der Waals surface area contributed by atoms with Crippen molar-refractivity contribution in [2.24, 2.45) is 0 Å². The van der Waals surface area contributed by atoms with Gasteiger partial charge in [-0.15, -0.1) is 0 Å². The van der Waals surface area contributed by atoms with Crippen molar-refractivity contribution in [1.82, 2.24) is 9.78 Å². The van der Waals surface area contributed by atoms with E-state index in [4.69, 9.17) is 0 Å². The first-order valence-corrected chi connectivity index (χ1v) is 7.39. The molecule has 1 aliphatic carbocycles. The fourth-order valence-corrected chi connectivity index (χ4v) is 2.66. The number of Topliss-reactive ketones (excluding diaryl/α,β-unsaturated/α-hetero) is 2. The van der Waals surface area contributed by atoms with Crippen LogP contribution in [0, 0.1) is 0 Å². The molecule has 0 amide bonds. The van der Waals surface area contributed by atoms with Crippen LogP contribution in [0.2, 0.25) is 0 Å². The molecule has 0 unspecified atom stereocenters. The van der Waals surface area contributed by atoms with Crippen molar-refractivity contribution < 1.29 is 9.59 Å². The van der Waals surface area contributed by atoms with Gasteiger partial charge in [-0.05, 0) is 47.1 Å². The van der Waals surface area contributed by atoms with Gasteiger partial charge in [0.1, 0.15) is 5.69 Å². The van der Waals surface area contributed by atoms with Gasteiger partial charge in [-0.2, -0.15) is 5.10 Å². The van der Waals surface area contributed by atoms with Crippen molar-refractivity contribution in [3.05, 3.63) is 56.2 Å². The minimum atomic E-state index is -0.220. The summed E-state index contributed by atoms with van der Waals surface area (Å²) in [5, 5.41) is 4.24. The van der Waals surface area contributed by atoms with Gasteiger partial charge in [-0.3, -0.25) is 9.59 Å². The molecule has 1 aromatic carbocycles. The Balaban J connectivity index is 2.13. The van der Waals surface area contributed by atoms with Gasteiger partial charge in [-0.25, -0.2) is 4.68 Å². The number of carbonyl (C=O) groups is 2. The van der Waals surface area contributed by atoms with E-state index in [1.165, 1.54) is 0 Å². The maximum atomic E-state index is 12.2. The summed E-state index contributed by atoms with van der Waals surface area (Å²) in [6.45, 7) is 1.62. The highest BCUT2D eigenvalue weighted by Gasteiger charge is 2.32. The maximum absolute atomic E-state index is 12.2. The van der Waals surface area contributed by atoms with E-state index in [9.17, 15) is 9.59 Å². The quantitative estimate of drug-likeness (QED) is 0.739. The topological polar surface area (TPSA) is 52.0 Å². The molecule has 1 aromatic heterocycles. The van der Waals surface area contributed by atoms with Crippen molar-refractivity contribution in [2.75, 3.05) is 0 Å². The Hall–Kier alpha value is -1.53. The van der Waals surface area contributed by atoms with E-state index in [1.54, 1.807) is 17.8 Å². The van der Waals surface area contributed by atoms with Gasteiger partial charge < -0.3 is 0 Å². The Morgan fingerprint density at radius 2 is 1.70 bits per heavy atom. The summed E-state index contributed by atoms with van der Waals surface area (Å²) < 4.78 is 2.81. The van der Waals surface area contributed by atoms with Crippen LogP contribution < -0.4 is 0 Å². The molecule has 2 aromatic rings. The Kier molecular flexibility index (Phi) is 3.22. The van der Waals surface area contributed by atoms with E-state index in [1.807, 2.05) is 24.3 Å². The molecule has 1 aliphatic rings. The highest BCUT2D eigenvalue weighted by atomic mass is 79.9. The zero-order valence-corrected chi connectivity index (χ0v) is 13.5. The third-order valence-electron chi connectivity index (χ3n) is 3.13. The Labute approximate surface area is 131 Å². The Morgan fingerprint density at radius 3 is 2.35 bits per heavy atom. The minimum Gasteiger partial charge on any atom is -0.288 e. The van der Waals surface area contributed by atoms with Crippen molar-refractivity contribution in [1.29, 1.82) is 0 Å². The average Bonchev–Trinajstić information content (AvgIpc) is 2.89. The average molecular weight is 396 g/mol. The van der Waals surface area contributed by atoms with Gasteiger partial charge in [-0.1, -0.05) is 15.9 Å². The second-order valence-corrected chi connectivity index (χ2v) is 6.12. The second kappa shape index (κ2) is 4.79. The van der Waals surface area contributed by atoms with Crippen LogP contribution in [-0.4, -0.2) is 21.3 Å². The molecule has 0 atom stereocenters. The molecule has 0 saturated heterocycles. The number of aromatic nitrogens is 2. The lowest BCUT2D eigenvalue weighted by Gasteiger charge is -2.09. The van der Waals surface area contributed by atoms with Crippen LogP contribution in [-0.2, 0) is 0 Å². The minimum absolute atomic E-state index is 0.207. The monoisotopic (exact) mass is 394 g/mol. The van der Waals surface area contributed by atoms with Crippen molar-refractivity contribution >= 4 is 43.4 Å². The second-order valence-electron chi connectivity index (χ2n) is 4.41. The highest BCUT2D eigenvalue weighted by molar-refractivity contribution is 9.12. The molecular formula is C14H8Br2N2O2. The molecule has 20 heavy (non-hydrogen) atoms. The summed E-state index contributed by atoms with van der Waals surface area (Å²) in [5.74, 6) is -0.428. The third kappa shape index (κ3) is 1.99. The summed E-state index contributed by atoms with van der Waals surface area (Å²) in [7, 11) is 0. The molecule has 100 valence electrons. The lowest BCUT2D eigenvalue weighted by molar-refractivity contribution is 0.0979. The first-order chi connectivity index (χ1) is 9.49. The molecule has 3 rings (SSSR count). The van der Waals surface area contributed by atoms with Crippen LogP contribution in [0.3, 0.4) is 0 Å². The van der Waals surface area contributed by atoms with E-state index in [2.05, 4.69) is 37.0 Å². The van der Waals surface area contributed by atoms with Crippen LogP contribution in [0.15, 0.2) is 45.0 Å². The standard InChI is InChI=1S/C14H8Br2N2O2/c1-7-11(16)14(20)10-6-18(17-12(10)13(7)19)9-4-2-8(15)3-5-9/h2-6H,1H3. The van der Waals surface area contributed by atoms with E-state index in [0.717, 1.165) is 10.2 Å². The fraction of sp³-hybridized carbons (Fsp3) is 0.0714. The zero-order chi connectivity index (χ0) is 14.4. The molecule has 0 radical (unpaired) electrons. The molecule has 0 aliphatic heterocycles.